The molecule has 0 unspecified atom stereocenters. The van der Waals surface area contributed by atoms with Crippen LogP contribution in [0.25, 0.3) is 0 Å². The molecule has 0 saturated heterocycles. The quantitative estimate of drug-likeness (QED) is 0.918. The molecule has 114 valence electrons. The van der Waals surface area contributed by atoms with Gasteiger partial charge in [0.2, 0.25) is 5.88 Å². The van der Waals surface area contributed by atoms with Gasteiger partial charge in [-0.2, -0.15) is 8.78 Å². The standard InChI is InChI=1S/C14H12F2N4O2/c15-14(16)22-13-10(2-1-5-17-13)20-12(21)9-6-18-11(19-7-9)8-3-4-8/h1-2,5-8,14H,3-4H2,(H,20,21). The number of aromatic nitrogens is 3. The number of anilines is 1. The summed E-state index contributed by atoms with van der Waals surface area (Å²) in [6, 6.07) is 2.92. The number of pyridine rings is 1. The average Bonchev–Trinajstić information content (AvgIpc) is 3.33. The molecular formula is C14H12F2N4O2. The van der Waals surface area contributed by atoms with Crippen LogP contribution in [0.2, 0.25) is 0 Å². The van der Waals surface area contributed by atoms with E-state index < -0.39 is 12.5 Å². The fraction of sp³-hybridized carbons (Fsp3) is 0.286. The molecule has 1 aliphatic rings. The number of ether oxygens (including phenoxy) is 1. The first-order valence-corrected chi connectivity index (χ1v) is 6.66. The van der Waals surface area contributed by atoms with Crippen molar-refractivity contribution < 1.29 is 18.3 Å². The molecule has 6 nitrogen and oxygen atoms in total. The highest BCUT2D eigenvalue weighted by molar-refractivity contribution is 6.04. The number of carbonyl (C=O) groups is 1. The Bertz CT molecular complexity index is 675. The van der Waals surface area contributed by atoms with Gasteiger partial charge >= 0.3 is 6.61 Å². The summed E-state index contributed by atoms with van der Waals surface area (Å²) in [5.74, 6) is 0.247. The van der Waals surface area contributed by atoms with Crippen LogP contribution in [0.5, 0.6) is 5.88 Å². The minimum absolute atomic E-state index is 0.0547. The molecule has 8 heteroatoms. The highest BCUT2D eigenvalue weighted by atomic mass is 19.3. The van der Waals surface area contributed by atoms with E-state index in [4.69, 9.17) is 0 Å². The van der Waals surface area contributed by atoms with Crippen molar-refractivity contribution in [2.45, 2.75) is 25.4 Å². The van der Waals surface area contributed by atoms with Crippen LogP contribution in [0.3, 0.4) is 0 Å². The van der Waals surface area contributed by atoms with Crippen LogP contribution in [-0.2, 0) is 0 Å². The van der Waals surface area contributed by atoms with Crippen molar-refractivity contribution >= 4 is 11.6 Å². The lowest BCUT2D eigenvalue weighted by Crippen LogP contribution is -2.15. The highest BCUT2D eigenvalue weighted by Gasteiger charge is 2.26. The summed E-state index contributed by atoms with van der Waals surface area (Å²) in [6.07, 6.45) is 6.26. The van der Waals surface area contributed by atoms with Gasteiger partial charge in [0.25, 0.3) is 5.91 Å². The normalized spacial score (nSPS) is 14.0. The Morgan fingerprint density at radius 3 is 2.64 bits per heavy atom. The van der Waals surface area contributed by atoms with Crippen molar-refractivity contribution in [2.24, 2.45) is 0 Å². The molecule has 0 radical (unpaired) electrons. The number of rotatable bonds is 5. The molecule has 1 aliphatic carbocycles. The van der Waals surface area contributed by atoms with Gasteiger partial charge in [0.05, 0.1) is 5.56 Å². The Labute approximate surface area is 124 Å². The maximum atomic E-state index is 12.3. The number of nitrogens with zero attached hydrogens (tertiary/aromatic N) is 3. The van der Waals surface area contributed by atoms with E-state index in [2.05, 4.69) is 25.0 Å². The van der Waals surface area contributed by atoms with Crippen LogP contribution in [0, 0.1) is 0 Å². The fourth-order valence-electron chi connectivity index (χ4n) is 1.87. The second kappa shape index (κ2) is 6.00. The second-order valence-electron chi connectivity index (χ2n) is 4.79. The third-order valence-corrected chi connectivity index (χ3v) is 3.10. The zero-order valence-corrected chi connectivity index (χ0v) is 11.4. The molecule has 0 bridgehead atoms. The molecule has 1 amide bonds. The van der Waals surface area contributed by atoms with Gasteiger partial charge in [-0.25, -0.2) is 15.0 Å². The monoisotopic (exact) mass is 306 g/mol. The number of hydrogen-bond donors (Lipinski definition) is 1. The molecule has 2 aromatic heterocycles. The summed E-state index contributed by atoms with van der Waals surface area (Å²) in [4.78, 5) is 24.0. The van der Waals surface area contributed by atoms with E-state index in [1.165, 1.54) is 30.7 Å². The smallest absolute Gasteiger partial charge is 0.388 e. The fourth-order valence-corrected chi connectivity index (χ4v) is 1.87. The molecule has 1 fully saturated rings. The van der Waals surface area contributed by atoms with Gasteiger partial charge in [0.1, 0.15) is 11.5 Å². The molecule has 0 atom stereocenters. The lowest BCUT2D eigenvalue weighted by Gasteiger charge is -2.10. The maximum absolute atomic E-state index is 12.3. The minimum atomic E-state index is -3.02. The van der Waals surface area contributed by atoms with Crippen LogP contribution < -0.4 is 10.1 Å². The van der Waals surface area contributed by atoms with E-state index in [9.17, 15) is 13.6 Å². The van der Waals surface area contributed by atoms with Crippen molar-refractivity contribution in [1.82, 2.24) is 15.0 Å². The molecule has 2 aromatic rings. The van der Waals surface area contributed by atoms with Crippen molar-refractivity contribution in [1.29, 1.82) is 0 Å². The second-order valence-corrected chi connectivity index (χ2v) is 4.79. The molecule has 1 saturated carbocycles. The summed E-state index contributed by atoms with van der Waals surface area (Å²) >= 11 is 0. The summed E-state index contributed by atoms with van der Waals surface area (Å²) < 4.78 is 28.8. The first kappa shape index (κ1) is 14.3. The predicted molar refractivity (Wildman–Crippen MR) is 72.8 cm³/mol. The molecule has 1 N–H and O–H groups in total. The first-order valence-electron chi connectivity index (χ1n) is 6.66. The van der Waals surface area contributed by atoms with E-state index in [0.29, 0.717) is 5.92 Å². The molecule has 0 aliphatic heterocycles. The van der Waals surface area contributed by atoms with E-state index in [-0.39, 0.29) is 17.1 Å². The summed E-state index contributed by atoms with van der Waals surface area (Å²) in [7, 11) is 0. The largest absolute Gasteiger partial charge is 0.415 e. The van der Waals surface area contributed by atoms with E-state index in [0.717, 1.165) is 18.7 Å². The van der Waals surface area contributed by atoms with Gasteiger partial charge in [-0.1, -0.05) is 0 Å². The Hall–Kier alpha value is -2.64. The maximum Gasteiger partial charge on any atom is 0.388 e. The highest BCUT2D eigenvalue weighted by Crippen LogP contribution is 2.37. The lowest BCUT2D eigenvalue weighted by atomic mass is 10.3. The van der Waals surface area contributed by atoms with Gasteiger partial charge in [-0.05, 0) is 25.0 Å². The van der Waals surface area contributed by atoms with Gasteiger partial charge in [0.15, 0.2) is 0 Å². The first-order chi connectivity index (χ1) is 10.6. The Morgan fingerprint density at radius 1 is 1.27 bits per heavy atom. The Balaban J connectivity index is 1.73. The summed E-state index contributed by atoms with van der Waals surface area (Å²) in [5, 5.41) is 2.46. The van der Waals surface area contributed by atoms with E-state index in [1.807, 2.05) is 0 Å². The van der Waals surface area contributed by atoms with E-state index >= 15 is 0 Å². The van der Waals surface area contributed by atoms with Crippen molar-refractivity contribution in [3.05, 3.63) is 42.1 Å². The molecule has 2 heterocycles. The number of carbonyl (C=O) groups excluding carboxylic acids is 1. The van der Waals surface area contributed by atoms with Crippen LogP contribution in [-0.4, -0.2) is 27.5 Å². The summed E-state index contributed by atoms with van der Waals surface area (Å²) in [5.41, 5.74) is 0.287. The number of halogens is 2. The van der Waals surface area contributed by atoms with Crippen LogP contribution in [0.1, 0.15) is 34.9 Å². The third kappa shape index (κ3) is 3.33. The van der Waals surface area contributed by atoms with Crippen LogP contribution in [0.4, 0.5) is 14.5 Å². The number of nitrogens with one attached hydrogen (secondary N) is 1. The SMILES string of the molecule is O=C(Nc1cccnc1OC(F)F)c1cnc(C2CC2)nc1. The van der Waals surface area contributed by atoms with Gasteiger partial charge < -0.3 is 10.1 Å². The topological polar surface area (TPSA) is 77.0 Å². The van der Waals surface area contributed by atoms with Gasteiger partial charge in [-0.3, -0.25) is 4.79 Å². The van der Waals surface area contributed by atoms with Gasteiger partial charge in [-0.15, -0.1) is 0 Å². The minimum Gasteiger partial charge on any atom is -0.415 e. The third-order valence-electron chi connectivity index (χ3n) is 3.10. The van der Waals surface area contributed by atoms with Crippen molar-refractivity contribution in [3.8, 4) is 5.88 Å². The Morgan fingerprint density at radius 2 is 2.00 bits per heavy atom. The van der Waals surface area contributed by atoms with Crippen molar-refractivity contribution in [3.63, 3.8) is 0 Å². The predicted octanol–water partition coefficient (Wildman–Crippen LogP) is 2.60. The zero-order valence-electron chi connectivity index (χ0n) is 11.4. The summed E-state index contributed by atoms with van der Waals surface area (Å²) in [6.45, 7) is -3.02. The van der Waals surface area contributed by atoms with Crippen molar-refractivity contribution in [2.75, 3.05) is 5.32 Å². The molecule has 3 rings (SSSR count). The number of amides is 1. The molecular weight excluding hydrogens is 294 g/mol. The lowest BCUT2D eigenvalue weighted by molar-refractivity contribution is -0.0523. The van der Waals surface area contributed by atoms with Crippen LogP contribution in [0.15, 0.2) is 30.7 Å². The average molecular weight is 306 g/mol. The Kier molecular flexibility index (Phi) is 3.90. The zero-order chi connectivity index (χ0) is 15.5. The number of alkyl halides is 2. The van der Waals surface area contributed by atoms with Crippen LogP contribution >= 0.6 is 0 Å². The molecule has 22 heavy (non-hydrogen) atoms. The van der Waals surface area contributed by atoms with Gasteiger partial charge in [0, 0.05) is 24.5 Å². The number of hydrogen-bond acceptors (Lipinski definition) is 5. The van der Waals surface area contributed by atoms with E-state index in [1.54, 1.807) is 0 Å². The molecule has 0 aromatic carbocycles. The molecule has 0 spiro atoms.